The van der Waals surface area contributed by atoms with Crippen LogP contribution in [0, 0.1) is 0 Å². The van der Waals surface area contributed by atoms with Crippen molar-refractivity contribution in [1.82, 2.24) is 5.32 Å². The summed E-state index contributed by atoms with van der Waals surface area (Å²) in [7, 11) is 4.21. The fourth-order valence-electron chi connectivity index (χ4n) is 2.89. The zero-order chi connectivity index (χ0) is 14.5. The molecule has 1 aliphatic rings. The van der Waals surface area contributed by atoms with Gasteiger partial charge in [0.05, 0.1) is 0 Å². The van der Waals surface area contributed by atoms with E-state index in [9.17, 15) is 0 Å². The largest absolute Gasteiger partial charge is 0.378 e. The lowest BCUT2D eigenvalue weighted by Gasteiger charge is -2.33. The van der Waals surface area contributed by atoms with Gasteiger partial charge in [0, 0.05) is 50.6 Å². The first-order valence-electron chi connectivity index (χ1n) is 7.88. The minimum Gasteiger partial charge on any atom is -0.378 e. The van der Waals surface area contributed by atoms with Gasteiger partial charge < -0.3 is 15.1 Å². The van der Waals surface area contributed by atoms with Gasteiger partial charge in [-0.3, -0.25) is 0 Å². The summed E-state index contributed by atoms with van der Waals surface area (Å²) < 4.78 is 0. The number of nitrogens with zero attached hydrogens (tertiary/aromatic N) is 2. The first kappa shape index (κ1) is 15.2. The Kier molecular flexibility index (Phi) is 5.30. The summed E-state index contributed by atoms with van der Waals surface area (Å²) in [5.41, 5.74) is 2.64. The quantitative estimate of drug-likeness (QED) is 0.914. The van der Waals surface area contributed by atoms with Crippen LogP contribution in [0.3, 0.4) is 0 Å². The third-order valence-electron chi connectivity index (χ3n) is 4.30. The Bertz CT molecular complexity index is 416. The van der Waals surface area contributed by atoms with Gasteiger partial charge in [-0.2, -0.15) is 0 Å². The highest BCUT2D eigenvalue weighted by Crippen LogP contribution is 2.23. The lowest BCUT2D eigenvalue weighted by atomic mass is 10.0. The van der Waals surface area contributed by atoms with Gasteiger partial charge in [-0.25, -0.2) is 0 Å². The lowest BCUT2D eigenvalue weighted by molar-refractivity contribution is 0.378. The number of nitrogens with one attached hydrogen (secondary N) is 1. The van der Waals surface area contributed by atoms with Crippen molar-refractivity contribution in [3.63, 3.8) is 0 Å². The first-order chi connectivity index (χ1) is 9.60. The molecule has 1 fully saturated rings. The number of hydrogen-bond acceptors (Lipinski definition) is 3. The molecule has 2 rings (SSSR count). The molecule has 1 aromatic rings. The van der Waals surface area contributed by atoms with Gasteiger partial charge in [0.2, 0.25) is 0 Å². The highest BCUT2D eigenvalue weighted by molar-refractivity contribution is 5.58. The van der Waals surface area contributed by atoms with Gasteiger partial charge in [0.1, 0.15) is 0 Å². The van der Waals surface area contributed by atoms with Crippen LogP contribution in [0.4, 0.5) is 11.4 Å². The predicted molar refractivity (Wildman–Crippen MR) is 88.9 cm³/mol. The molecule has 1 heterocycles. The Morgan fingerprint density at radius 2 is 2.00 bits per heavy atom. The zero-order valence-corrected chi connectivity index (χ0v) is 13.4. The molecule has 0 bridgehead atoms. The molecule has 1 aliphatic heterocycles. The number of benzene rings is 1. The average Bonchev–Trinajstić information content (AvgIpc) is 2.43. The molecule has 1 aromatic carbocycles. The van der Waals surface area contributed by atoms with E-state index in [-0.39, 0.29) is 0 Å². The van der Waals surface area contributed by atoms with E-state index >= 15 is 0 Å². The van der Waals surface area contributed by atoms with Gasteiger partial charge in [-0.1, -0.05) is 13.0 Å². The monoisotopic (exact) mass is 275 g/mol. The van der Waals surface area contributed by atoms with Crippen LogP contribution in [0.1, 0.15) is 33.1 Å². The van der Waals surface area contributed by atoms with Crippen LogP contribution in [0.2, 0.25) is 0 Å². The normalized spacial score (nSPS) is 24.1. The second kappa shape index (κ2) is 6.98. The van der Waals surface area contributed by atoms with Gasteiger partial charge in [0.25, 0.3) is 0 Å². The topological polar surface area (TPSA) is 18.5 Å². The Labute approximate surface area is 124 Å². The van der Waals surface area contributed by atoms with Crippen molar-refractivity contribution in [3.8, 4) is 0 Å². The summed E-state index contributed by atoms with van der Waals surface area (Å²) in [6.45, 7) is 6.88. The second-order valence-electron chi connectivity index (χ2n) is 6.15. The van der Waals surface area contributed by atoms with Crippen molar-refractivity contribution in [1.29, 1.82) is 0 Å². The van der Waals surface area contributed by atoms with Crippen LogP contribution < -0.4 is 15.1 Å². The van der Waals surface area contributed by atoms with E-state index in [2.05, 4.69) is 67.3 Å². The van der Waals surface area contributed by atoms with E-state index in [0.29, 0.717) is 12.1 Å². The van der Waals surface area contributed by atoms with E-state index < -0.39 is 0 Å². The van der Waals surface area contributed by atoms with E-state index in [0.717, 1.165) is 13.1 Å². The van der Waals surface area contributed by atoms with Crippen molar-refractivity contribution in [3.05, 3.63) is 24.3 Å². The summed E-state index contributed by atoms with van der Waals surface area (Å²) in [6, 6.07) is 10.2. The molecule has 0 aliphatic carbocycles. The Morgan fingerprint density at radius 3 is 2.70 bits per heavy atom. The molecule has 0 saturated carbocycles. The van der Waals surface area contributed by atoms with Crippen LogP contribution in [0.25, 0.3) is 0 Å². The number of hydrogen-bond donors (Lipinski definition) is 1. The maximum absolute atomic E-state index is 3.74. The van der Waals surface area contributed by atoms with Crippen LogP contribution in [-0.4, -0.2) is 39.3 Å². The van der Waals surface area contributed by atoms with Gasteiger partial charge in [0.15, 0.2) is 0 Å². The molecule has 20 heavy (non-hydrogen) atoms. The van der Waals surface area contributed by atoms with Crippen LogP contribution in [-0.2, 0) is 0 Å². The molecule has 112 valence electrons. The highest BCUT2D eigenvalue weighted by Gasteiger charge is 2.18. The molecule has 0 aromatic heterocycles. The smallest absolute Gasteiger partial charge is 0.0386 e. The van der Waals surface area contributed by atoms with E-state index in [1.54, 1.807) is 0 Å². The molecular weight excluding hydrogens is 246 g/mol. The molecule has 1 N–H and O–H groups in total. The Hall–Kier alpha value is -1.22. The molecule has 0 radical (unpaired) electrons. The minimum absolute atomic E-state index is 0.611. The number of rotatable bonds is 3. The minimum atomic E-state index is 0.611. The van der Waals surface area contributed by atoms with Crippen LogP contribution in [0.15, 0.2) is 24.3 Å². The first-order valence-corrected chi connectivity index (χ1v) is 7.88. The van der Waals surface area contributed by atoms with E-state index in [4.69, 9.17) is 0 Å². The fraction of sp³-hybridized carbons (Fsp3) is 0.647. The van der Waals surface area contributed by atoms with E-state index in [1.165, 1.54) is 30.6 Å². The van der Waals surface area contributed by atoms with Gasteiger partial charge >= 0.3 is 0 Å². The summed E-state index contributed by atoms with van der Waals surface area (Å²) in [5.74, 6) is 0. The third-order valence-corrected chi connectivity index (χ3v) is 4.30. The molecule has 1 saturated heterocycles. The maximum atomic E-state index is 3.74. The summed E-state index contributed by atoms with van der Waals surface area (Å²) in [5, 5.41) is 3.74. The lowest BCUT2D eigenvalue weighted by Crippen LogP contribution is -2.44. The molecular formula is C17H29N3. The van der Waals surface area contributed by atoms with Crippen molar-refractivity contribution >= 4 is 11.4 Å². The van der Waals surface area contributed by atoms with Crippen molar-refractivity contribution in [2.75, 3.05) is 37.0 Å². The van der Waals surface area contributed by atoms with Crippen molar-refractivity contribution < 1.29 is 0 Å². The number of anilines is 2. The average molecular weight is 275 g/mol. The molecule has 0 spiro atoms. The molecule has 3 heteroatoms. The fourth-order valence-corrected chi connectivity index (χ4v) is 2.89. The van der Waals surface area contributed by atoms with Crippen molar-refractivity contribution in [2.45, 2.75) is 45.2 Å². The Morgan fingerprint density at radius 1 is 1.25 bits per heavy atom. The zero-order valence-electron chi connectivity index (χ0n) is 13.4. The summed E-state index contributed by atoms with van der Waals surface area (Å²) in [4.78, 5) is 4.72. The summed E-state index contributed by atoms with van der Waals surface area (Å²) >= 11 is 0. The van der Waals surface area contributed by atoms with Crippen molar-refractivity contribution in [2.24, 2.45) is 0 Å². The molecule has 0 amide bonds. The van der Waals surface area contributed by atoms with E-state index in [1.807, 2.05) is 0 Å². The highest BCUT2D eigenvalue weighted by atomic mass is 15.1. The summed E-state index contributed by atoms with van der Waals surface area (Å²) in [6.07, 6.45) is 3.66. The molecule has 2 atom stereocenters. The SMILES string of the molecule is CCC1CCN(c2cccc(N(C)C)c2)CCC(C)N1. The van der Waals surface area contributed by atoms with Gasteiger partial charge in [-0.05, 0) is 44.4 Å². The Balaban J connectivity index is 2.12. The molecule has 3 nitrogen and oxygen atoms in total. The maximum Gasteiger partial charge on any atom is 0.0386 e. The third kappa shape index (κ3) is 3.89. The standard InChI is InChI=1S/C17H29N3/c1-5-15-10-12-20(11-9-14(2)18-15)17-8-6-7-16(13-17)19(3)4/h6-8,13-15,18H,5,9-12H2,1-4H3. The van der Waals surface area contributed by atoms with Crippen LogP contribution >= 0.6 is 0 Å². The van der Waals surface area contributed by atoms with Crippen LogP contribution in [0.5, 0.6) is 0 Å². The van der Waals surface area contributed by atoms with Gasteiger partial charge in [-0.15, -0.1) is 0 Å². The second-order valence-corrected chi connectivity index (χ2v) is 6.15. The predicted octanol–water partition coefficient (Wildman–Crippen LogP) is 3.11. The molecule has 2 unspecified atom stereocenters.